The van der Waals surface area contributed by atoms with Gasteiger partial charge in [-0.25, -0.2) is 0 Å². The third-order valence-corrected chi connectivity index (χ3v) is 16.3. The molecule has 0 radical (unpaired) electrons. The molecular formula is C58H109N. The van der Waals surface area contributed by atoms with Crippen LogP contribution >= 0.6 is 0 Å². The maximum absolute atomic E-state index is 2.75. The zero-order valence-electron chi connectivity index (χ0n) is 42.7. The van der Waals surface area contributed by atoms with Crippen molar-refractivity contribution in [2.75, 3.05) is 20.6 Å². The van der Waals surface area contributed by atoms with Crippen molar-refractivity contribution >= 4 is 0 Å². The average molecular weight is 821 g/mol. The van der Waals surface area contributed by atoms with Crippen molar-refractivity contribution in [2.45, 2.75) is 255 Å². The highest BCUT2D eigenvalue weighted by Crippen LogP contribution is 2.67. The molecule has 3 fully saturated rings. The molecule has 1 nitrogen and oxygen atoms in total. The van der Waals surface area contributed by atoms with E-state index in [0.717, 1.165) is 53.8 Å². The maximum Gasteiger partial charge on any atom is 0.0000920 e. The minimum absolute atomic E-state index is 0.553. The number of allylic oxidation sites excluding steroid dienone is 6. The SMILES string of the molecule is CC(C)CCCC(C)C1CCC2C3CC=C4CC(C)CCC4(C)C3CCC12C.CCCCC.CCCCC/C=C\C/C=C\CCCCCCCCCCC(C)CN(C)C. The van der Waals surface area contributed by atoms with Crippen LogP contribution in [0.25, 0.3) is 0 Å². The lowest BCUT2D eigenvalue weighted by atomic mass is 9.46. The first kappa shape index (κ1) is 54.3. The van der Waals surface area contributed by atoms with Crippen molar-refractivity contribution in [2.24, 2.45) is 58.2 Å². The molecule has 0 aromatic heterocycles. The van der Waals surface area contributed by atoms with Gasteiger partial charge in [0.25, 0.3) is 0 Å². The molecular weight excluding hydrogens is 711 g/mol. The Hall–Kier alpha value is -0.820. The fraction of sp³-hybridized carbons (Fsp3) is 0.897. The largest absolute Gasteiger partial charge is 0.309 e. The molecule has 4 aliphatic carbocycles. The van der Waals surface area contributed by atoms with E-state index in [1.165, 1.54) is 186 Å². The third-order valence-electron chi connectivity index (χ3n) is 16.3. The second-order valence-electron chi connectivity index (χ2n) is 22.4. The fourth-order valence-corrected chi connectivity index (χ4v) is 12.8. The lowest BCUT2D eigenvalue weighted by molar-refractivity contribution is -0.0523. The normalized spacial score (nSPS) is 28.7. The molecule has 4 aliphatic rings. The average Bonchev–Trinajstić information content (AvgIpc) is 3.55. The fourth-order valence-electron chi connectivity index (χ4n) is 12.8. The Morgan fingerprint density at radius 3 is 1.85 bits per heavy atom. The Morgan fingerprint density at radius 1 is 0.644 bits per heavy atom. The highest BCUT2D eigenvalue weighted by Gasteiger charge is 2.58. The Labute approximate surface area is 373 Å². The van der Waals surface area contributed by atoms with Crippen LogP contribution in [0.4, 0.5) is 0 Å². The summed E-state index contributed by atoms with van der Waals surface area (Å²) >= 11 is 0. The molecule has 0 saturated heterocycles. The molecule has 1 heteroatoms. The van der Waals surface area contributed by atoms with Gasteiger partial charge in [0, 0.05) is 6.54 Å². The molecule has 0 aliphatic heterocycles. The van der Waals surface area contributed by atoms with Crippen LogP contribution < -0.4 is 0 Å². The van der Waals surface area contributed by atoms with E-state index >= 15 is 0 Å². The van der Waals surface area contributed by atoms with Crippen molar-refractivity contribution in [3.8, 4) is 0 Å². The molecule has 0 N–H and O–H groups in total. The summed E-state index contributed by atoms with van der Waals surface area (Å²) in [6, 6.07) is 0. The summed E-state index contributed by atoms with van der Waals surface area (Å²) in [5, 5.41) is 0. The van der Waals surface area contributed by atoms with Gasteiger partial charge >= 0.3 is 0 Å². The van der Waals surface area contributed by atoms with E-state index in [-0.39, 0.29) is 0 Å². The predicted molar refractivity (Wildman–Crippen MR) is 268 cm³/mol. The summed E-state index contributed by atoms with van der Waals surface area (Å²) in [7, 11) is 4.36. The van der Waals surface area contributed by atoms with Gasteiger partial charge < -0.3 is 4.90 Å². The smallest absolute Gasteiger partial charge is 0.0000920 e. The first-order valence-corrected chi connectivity index (χ1v) is 27.0. The molecule has 9 atom stereocenters. The molecule has 0 spiro atoms. The van der Waals surface area contributed by atoms with Crippen LogP contribution in [0.3, 0.4) is 0 Å². The Kier molecular flexibility index (Phi) is 28.6. The van der Waals surface area contributed by atoms with E-state index in [4.69, 9.17) is 0 Å². The van der Waals surface area contributed by atoms with Gasteiger partial charge in [0.15, 0.2) is 0 Å². The number of rotatable bonds is 26. The summed E-state index contributed by atoms with van der Waals surface area (Å²) in [6.45, 7) is 25.6. The van der Waals surface area contributed by atoms with E-state index in [0.29, 0.717) is 10.8 Å². The maximum atomic E-state index is 2.75. The second kappa shape index (κ2) is 31.1. The van der Waals surface area contributed by atoms with E-state index < -0.39 is 0 Å². The van der Waals surface area contributed by atoms with Gasteiger partial charge in [0.1, 0.15) is 0 Å². The van der Waals surface area contributed by atoms with Gasteiger partial charge in [-0.05, 0) is 162 Å². The molecule has 3 saturated carbocycles. The number of hydrogen-bond donors (Lipinski definition) is 0. The van der Waals surface area contributed by atoms with E-state index in [9.17, 15) is 0 Å². The van der Waals surface area contributed by atoms with Crippen molar-refractivity contribution in [1.82, 2.24) is 4.90 Å². The third kappa shape index (κ3) is 20.1. The summed E-state index contributed by atoms with van der Waals surface area (Å²) in [6.07, 6.45) is 52.9. The lowest BCUT2D eigenvalue weighted by Crippen LogP contribution is -2.50. The van der Waals surface area contributed by atoms with Crippen LogP contribution in [0, 0.1) is 58.2 Å². The second-order valence-corrected chi connectivity index (χ2v) is 22.4. The summed E-state index contributed by atoms with van der Waals surface area (Å²) in [5.74, 6) is 7.58. The predicted octanol–water partition coefficient (Wildman–Crippen LogP) is 19.0. The number of nitrogens with zero attached hydrogens (tertiary/aromatic N) is 1. The minimum atomic E-state index is 0.553. The van der Waals surface area contributed by atoms with Crippen molar-refractivity contribution in [1.29, 1.82) is 0 Å². The van der Waals surface area contributed by atoms with Gasteiger partial charge in [0.05, 0.1) is 0 Å². The van der Waals surface area contributed by atoms with Crippen LogP contribution in [0.1, 0.15) is 255 Å². The van der Waals surface area contributed by atoms with Crippen LogP contribution in [0.5, 0.6) is 0 Å². The molecule has 0 aromatic carbocycles. The highest BCUT2D eigenvalue weighted by atomic mass is 15.1. The molecule has 0 amide bonds. The zero-order chi connectivity index (χ0) is 43.5. The monoisotopic (exact) mass is 820 g/mol. The Morgan fingerprint density at radius 2 is 1.25 bits per heavy atom. The summed E-state index contributed by atoms with van der Waals surface area (Å²) in [5.41, 5.74) is 3.06. The van der Waals surface area contributed by atoms with Crippen LogP contribution in [-0.4, -0.2) is 25.5 Å². The Balaban J connectivity index is 0.000000366. The van der Waals surface area contributed by atoms with Crippen molar-refractivity contribution < 1.29 is 0 Å². The molecule has 9 unspecified atom stereocenters. The van der Waals surface area contributed by atoms with Gasteiger partial charge in [-0.2, -0.15) is 0 Å². The standard InChI is InChI=1S/C28H48.C25H49N.C5H12/c1-19(2)8-7-9-21(4)24-12-13-25-23-11-10-22-18-20(3)14-16-27(22,5)26(23)15-17-28(24,25)6;1-5-6-7-8-9-10-11-12-13-14-15-16-17-18-19-20-21-22-23-25(2)24-26(3)4;1-3-5-4-2/h10,19-21,23-26H,7-9,11-18H2,1-6H3;9-10,12-13,25H,5-8,11,14-24H2,1-4H3;3-5H2,1-2H3/b;10-9-,13-12-;. The zero-order valence-corrected chi connectivity index (χ0v) is 42.7. The number of hydrogen-bond acceptors (Lipinski definition) is 1. The molecule has 346 valence electrons. The lowest BCUT2D eigenvalue weighted by Gasteiger charge is -2.58. The van der Waals surface area contributed by atoms with E-state index in [1.807, 2.05) is 5.57 Å². The van der Waals surface area contributed by atoms with Gasteiger partial charge in [0.2, 0.25) is 0 Å². The topological polar surface area (TPSA) is 3.24 Å². The first-order valence-electron chi connectivity index (χ1n) is 27.0. The van der Waals surface area contributed by atoms with Crippen LogP contribution in [0.15, 0.2) is 36.0 Å². The molecule has 0 bridgehead atoms. The summed E-state index contributed by atoms with van der Waals surface area (Å²) < 4.78 is 0. The first-order chi connectivity index (χ1) is 28.3. The quantitative estimate of drug-likeness (QED) is 0.0621. The van der Waals surface area contributed by atoms with E-state index in [1.54, 1.807) is 0 Å². The van der Waals surface area contributed by atoms with Gasteiger partial charge in [-0.15, -0.1) is 0 Å². The summed E-state index contributed by atoms with van der Waals surface area (Å²) in [4.78, 5) is 2.31. The van der Waals surface area contributed by atoms with Crippen molar-refractivity contribution in [3.63, 3.8) is 0 Å². The minimum Gasteiger partial charge on any atom is -0.309 e. The molecule has 59 heavy (non-hydrogen) atoms. The van der Waals surface area contributed by atoms with Crippen LogP contribution in [-0.2, 0) is 0 Å². The van der Waals surface area contributed by atoms with E-state index in [2.05, 4.69) is 119 Å². The number of unbranched alkanes of at least 4 members (excludes halogenated alkanes) is 13. The molecule has 0 heterocycles. The molecule has 4 rings (SSSR count). The molecule has 0 aromatic rings. The number of fused-ring (bicyclic) bond motifs is 5. The highest BCUT2D eigenvalue weighted by molar-refractivity contribution is 5.25. The van der Waals surface area contributed by atoms with Gasteiger partial charge in [-0.1, -0.05) is 202 Å². The van der Waals surface area contributed by atoms with Crippen molar-refractivity contribution in [3.05, 3.63) is 36.0 Å². The Bertz CT molecular complexity index is 1110. The van der Waals surface area contributed by atoms with Crippen LogP contribution in [0.2, 0.25) is 0 Å². The van der Waals surface area contributed by atoms with Gasteiger partial charge in [-0.3, -0.25) is 0 Å².